The maximum atomic E-state index is 12.5. The zero-order valence-electron chi connectivity index (χ0n) is 14.5. The number of ether oxygens (including phenoxy) is 3. The van der Waals surface area contributed by atoms with Crippen molar-refractivity contribution in [1.82, 2.24) is 10.6 Å². The van der Waals surface area contributed by atoms with Gasteiger partial charge in [-0.05, 0) is 28.8 Å². The number of methoxy groups -OCH3 is 1. The molecule has 2 N–H and O–H groups in total. The second-order valence-corrected chi connectivity index (χ2v) is 6.09. The van der Waals surface area contributed by atoms with Crippen LogP contribution in [0.2, 0.25) is 0 Å². The summed E-state index contributed by atoms with van der Waals surface area (Å²) in [6.07, 6.45) is 0. The Kier molecular flexibility index (Phi) is 5.54. The first kappa shape index (κ1) is 18.4. The van der Waals surface area contributed by atoms with Crippen molar-refractivity contribution in [2.75, 3.05) is 20.3 Å². The van der Waals surface area contributed by atoms with Gasteiger partial charge in [0.1, 0.15) is 13.2 Å². The van der Waals surface area contributed by atoms with E-state index in [9.17, 15) is 4.79 Å². The number of benzene rings is 2. The molecule has 0 aromatic heterocycles. The molecule has 0 atom stereocenters. The van der Waals surface area contributed by atoms with Crippen molar-refractivity contribution in [2.24, 2.45) is 0 Å². The van der Waals surface area contributed by atoms with Crippen LogP contribution in [-0.2, 0) is 19.6 Å². The van der Waals surface area contributed by atoms with Gasteiger partial charge in [-0.25, -0.2) is 0 Å². The minimum Gasteiger partial charge on any atom is -0.493 e. The van der Waals surface area contributed by atoms with Gasteiger partial charge in [0.15, 0.2) is 11.5 Å². The molecule has 138 valence electrons. The molecule has 2 aliphatic heterocycles. The standard InChI is InChI=1S/C19H20N2O4.ClH/c1-23-16-7-14(8-17-18(16)25-5-4-24-17)19(22)21-9-12-2-3-13-10-20-11-15(13)6-12;/h2-3,6-8,20H,4-5,9-11H2,1H3,(H,21,22);1H. The van der Waals surface area contributed by atoms with Gasteiger partial charge in [0.05, 0.1) is 7.11 Å². The summed E-state index contributed by atoms with van der Waals surface area (Å²) in [5.74, 6) is 1.43. The SMILES string of the molecule is COc1cc(C(=O)NCc2ccc3c(c2)CNC3)cc2c1OCCO2.Cl. The van der Waals surface area contributed by atoms with E-state index in [1.54, 1.807) is 19.2 Å². The average molecular weight is 377 g/mol. The van der Waals surface area contributed by atoms with E-state index in [0.29, 0.717) is 42.6 Å². The molecule has 4 rings (SSSR count). The molecule has 0 saturated heterocycles. The Morgan fingerprint density at radius 3 is 2.81 bits per heavy atom. The number of fused-ring (bicyclic) bond motifs is 2. The molecule has 0 saturated carbocycles. The minimum absolute atomic E-state index is 0. The Labute approximate surface area is 158 Å². The third-order valence-corrected chi connectivity index (χ3v) is 4.44. The molecule has 0 radical (unpaired) electrons. The second kappa shape index (κ2) is 7.85. The summed E-state index contributed by atoms with van der Waals surface area (Å²) in [5, 5.41) is 6.27. The Morgan fingerprint density at radius 2 is 1.96 bits per heavy atom. The first-order valence-electron chi connectivity index (χ1n) is 8.32. The van der Waals surface area contributed by atoms with Crippen LogP contribution in [0.1, 0.15) is 27.0 Å². The number of hydrogen-bond acceptors (Lipinski definition) is 5. The molecule has 2 aromatic carbocycles. The van der Waals surface area contributed by atoms with Gasteiger partial charge in [-0.3, -0.25) is 4.79 Å². The number of nitrogens with one attached hydrogen (secondary N) is 2. The van der Waals surface area contributed by atoms with Gasteiger partial charge in [0.25, 0.3) is 5.91 Å². The van der Waals surface area contributed by atoms with E-state index in [0.717, 1.165) is 18.7 Å². The van der Waals surface area contributed by atoms with Crippen LogP contribution < -0.4 is 24.8 Å². The molecular weight excluding hydrogens is 356 g/mol. The van der Waals surface area contributed by atoms with Gasteiger partial charge in [-0.1, -0.05) is 18.2 Å². The molecule has 0 aliphatic carbocycles. The van der Waals surface area contributed by atoms with E-state index >= 15 is 0 Å². The van der Waals surface area contributed by atoms with Crippen molar-refractivity contribution in [2.45, 2.75) is 19.6 Å². The van der Waals surface area contributed by atoms with Crippen LogP contribution >= 0.6 is 12.4 Å². The number of carbonyl (C=O) groups excluding carboxylic acids is 1. The number of rotatable bonds is 4. The van der Waals surface area contributed by atoms with Crippen molar-refractivity contribution >= 4 is 18.3 Å². The summed E-state index contributed by atoms with van der Waals surface area (Å²) in [7, 11) is 1.55. The fourth-order valence-electron chi connectivity index (χ4n) is 3.15. The highest BCUT2D eigenvalue weighted by Crippen LogP contribution is 2.40. The molecule has 2 aromatic rings. The quantitative estimate of drug-likeness (QED) is 0.857. The lowest BCUT2D eigenvalue weighted by atomic mass is 10.1. The first-order valence-corrected chi connectivity index (χ1v) is 8.32. The zero-order chi connectivity index (χ0) is 17.2. The number of halogens is 1. The molecule has 0 unspecified atom stereocenters. The molecule has 0 fully saturated rings. The molecular formula is C19H21ClN2O4. The second-order valence-electron chi connectivity index (χ2n) is 6.09. The maximum absolute atomic E-state index is 12.5. The molecule has 0 spiro atoms. The highest BCUT2D eigenvalue weighted by atomic mass is 35.5. The van der Waals surface area contributed by atoms with Crippen LogP contribution in [0.3, 0.4) is 0 Å². The normalized spacial score (nSPS) is 14.2. The molecule has 7 heteroatoms. The summed E-state index contributed by atoms with van der Waals surface area (Å²) in [6, 6.07) is 9.68. The Balaban J connectivity index is 0.00000196. The average Bonchev–Trinajstić information content (AvgIpc) is 3.13. The highest BCUT2D eigenvalue weighted by molar-refractivity contribution is 5.95. The van der Waals surface area contributed by atoms with E-state index in [2.05, 4.69) is 28.8 Å². The molecule has 2 heterocycles. The fraction of sp³-hybridized carbons (Fsp3) is 0.316. The molecule has 1 amide bonds. The van der Waals surface area contributed by atoms with E-state index < -0.39 is 0 Å². The fourth-order valence-corrected chi connectivity index (χ4v) is 3.15. The van der Waals surface area contributed by atoms with Gasteiger partial charge >= 0.3 is 0 Å². The van der Waals surface area contributed by atoms with Gasteiger partial charge in [-0.15, -0.1) is 12.4 Å². The minimum atomic E-state index is -0.172. The number of carbonyl (C=O) groups is 1. The predicted molar refractivity (Wildman–Crippen MR) is 99.4 cm³/mol. The molecule has 6 nitrogen and oxygen atoms in total. The van der Waals surface area contributed by atoms with Crippen LogP contribution in [0.5, 0.6) is 17.2 Å². The Bertz CT molecular complexity index is 808. The Morgan fingerprint density at radius 1 is 1.15 bits per heavy atom. The lowest BCUT2D eigenvalue weighted by Gasteiger charge is -2.21. The van der Waals surface area contributed by atoms with Crippen molar-refractivity contribution in [3.05, 3.63) is 52.6 Å². The van der Waals surface area contributed by atoms with E-state index in [-0.39, 0.29) is 18.3 Å². The number of hydrogen-bond donors (Lipinski definition) is 2. The van der Waals surface area contributed by atoms with Crippen LogP contribution in [0.15, 0.2) is 30.3 Å². The lowest BCUT2D eigenvalue weighted by molar-refractivity contribution is 0.0949. The largest absolute Gasteiger partial charge is 0.493 e. The van der Waals surface area contributed by atoms with Crippen LogP contribution in [-0.4, -0.2) is 26.2 Å². The lowest BCUT2D eigenvalue weighted by Crippen LogP contribution is -2.24. The van der Waals surface area contributed by atoms with Crippen molar-refractivity contribution in [3.8, 4) is 17.2 Å². The van der Waals surface area contributed by atoms with E-state index in [4.69, 9.17) is 14.2 Å². The smallest absolute Gasteiger partial charge is 0.251 e. The summed E-state index contributed by atoms with van der Waals surface area (Å²) in [6.45, 7) is 3.21. The third kappa shape index (κ3) is 3.57. The van der Waals surface area contributed by atoms with E-state index in [1.807, 2.05) is 0 Å². The summed E-state index contributed by atoms with van der Waals surface area (Å²) >= 11 is 0. The zero-order valence-corrected chi connectivity index (χ0v) is 15.3. The van der Waals surface area contributed by atoms with Gasteiger partial charge in [-0.2, -0.15) is 0 Å². The molecule has 0 bridgehead atoms. The van der Waals surface area contributed by atoms with Gasteiger partial charge in [0, 0.05) is 25.2 Å². The summed E-state index contributed by atoms with van der Waals surface area (Å²) in [5.41, 5.74) is 4.20. The number of amides is 1. The Hall–Kier alpha value is -2.44. The third-order valence-electron chi connectivity index (χ3n) is 4.44. The van der Waals surface area contributed by atoms with Crippen molar-refractivity contribution < 1.29 is 19.0 Å². The van der Waals surface area contributed by atoms with Gasteiger partial charge in [0.2, 0.25) is 5.75 Å². The first-order chi connectivity index (χ1) is 12.2. The van der Waals surface area contributed by atoms with Gasteiger partial charge < -0.3 is 24.8 Å². The van der Waals surface area contributed by atoms with Crippen LogP contribution in [0.4, 0.5) is 0 Å². The summed E-state index contributed by atoms with van der Waals surface area (Å²) < 4.78 is 16.5. The predicted octanol–water partition coefficient (Wildman–Crippen LogP) is 2.42. The van der Waals surface area contributed by atoms with Crippen molar-refractivity contribution in [1.29, 1.82) is 0 Å². The van der Waals surface area contributed by atoms with Crippen LogP contribution in [0.25, 0.3) is 0 Å². The van der Waals surface area contributed by atoms with E-state index in [1.165, 1.54) is 11.1 Å². The highest BCUT2D eigenvalue weighted by Gasteiger charge is 2.21. The summed E-state index contributed by atoms with van der Waals surface area (Å²) in [4.78, 5) is 12.5. The maximum Gasteiger partial charge on any atom is 0.251 e. The van der Waals surface area contributed by atoms with Crippen molar-refractivity contribution in [3.63, 3.8) is 0 Å². The monoisotopic (exact) mass is 376 g/mol. The molecule has 2 aliphatic rings. The molecule has 26 heavy (non-hydrogen) atoms. The van der Waals surface area contributed by atoms with Crippen LogP contribution in [0, 0.1) is 0 Å². The topological polar surface area (TPSA) is 68.8 Å².